The number of hydrogen-bond donors (Lipinski definition) is 1. The summed E-state index contributed by atoms with van der Waals surface area (Å²) in [7, 11) is 0. The lowest BCUT2D eigenvalue weighted by molar-refractivity contribution is -0.153. The second-order valence-electron chi connectivity index (χ2n) is 5.90. The summed E-state index contributed by atoms with van der Waals surface area (Å²) in [6, 6.07) is 11.4. The molecule has 148 valence electrons. The molecule has 0 radical (unpaired) electrons. The molecule has 2 aromatic rings. The van der Waals surface area contributed by atoms with Crippen molar-refractivity contribution in [3.63, 3.8) is 0 Å². The highest BCUT2D eigenvalue weighted by Crippen LogP contribution is 2.29. The monoisotopic (exact) mass is 423 g/mol. The molecular weight excluding hydrogens is 405 g/mol. The van der Waals surface area contributed by atoms with E-state index in [9.17, 15) is 14.4 Å². The van der Waals surface area contributed by atoms with Gasteiger partial charge in [0, 0.05) is 5.56 Å². The highest BCUT2D eigenvalue weighted by atomic mass is 35.5. The van der Waals surface area contributed by atoms with Gasteiger partial charge in [-0.15, -0.1) is 0 Å². The first-order chi connectivity index (χ1) is 13.3. The number of halogens is 2. The summed E-state index contributed by atoms with van der Waals surface area (Å²) >= 11 is 11.9. The third kappa shape index (κ3) is 6.25. The number of Topliss-reactive ketones (excluding diaryl/α,β-unsaturated/α-hetero) is 1. The normalized spacial score (nSPS) is 11.4. The van der Waals surface area contributed by atoms with Crippen molar-refractivity contribution >= 4 is 46.5 Å². The van der Waals surface area contributed by atoms with E-state index < -0.39 is 18.0 Å². The van der Waals surface area contributed by atoms with Gasteiger partial charge in [-0.05, 0) is 50.2 Å². The Morgan fingerprint density at radius 2 is 1.75 bits per heavy atom. The first kappa shape index (κ1) is 21.7. The van der Waals surface area contributed by atoms with Gasteiger partial charge < -0.3 is 14.8 Å². The Morgan fingerprint density at radius 3 is 2.39 bits per heavy atom. The molecule has 0 saturated heterocycles. The van der Waals surface area contributed by atoms with Crippen LogP contribution in [-0.2, 0) is 14.3 Å². The summed E-state index contributed by atoms with van der Waals surface area (Å²) in [6.45, 7) is 3.00. The fourth-order valence-electron chi connectivity index (χ4n) is 2.18. The molecule has 0 fully saturated rings. The van der Waals surface area contributed by atoms with E-state index in [1.54, 1.807) is 42.5 Å². The molecule has 0 aromatic heterocycles. The molecule has 0 aliphatic rings. The average Bonchev–Trinajstić information content (AvgIpc) is 2.65. The van der Waals surface area contributed by atoms with Gasteiger partial charge in [0.1, 0.15) is 5.75 Å². The summed E-state index contributed by atoms with van der Waals surface area (Å²) in [5, 5.41) is 3.07. The standard InChI is InChI=1S/C20H19Cl2NO5/c1-12(24)14-6-8-15(9-7-14)27-11-10-18(25)28-13(2)20(26)23-17-5-3-4-16(21)19(17)22/h3-9,13H,10-11H2,1-2H3,(H,23,26). The highest BCUT2D eigenvalue weighted by Gasteiger charge is 2.19. The number of hydrogen-bond acceptors (Lipinski definition) is 5. The molecule has 0 aliphatic carbocycles. The molecule has 2 rings (SSSR count). The van der Waals surface area contributed by atoms with Crippen molar-refractivity contribution in [2.24, 2.45) is 0 Å². The van der Waals surface area contributed by atoms with Crippen molar-refractivity contribution < 1.29 is 23.9 Å². The maximum absolute atomic E-state index is 12.1. The molecule has 6 nitrogen and oxygen atoms in total. The Hall–Kier alpha value is -2.57. The predicted octanol–water partition coefficient (Wildman–Crippen LogP) is 4.54. The van der Waals surface area contributed by atoms with Crippen molar-refractivity contribution in [2.45, 2.75) is 26.4 Å². The molecule has 28 heavy (non-hydrogen) atoms. The van der Waals surface area contributed by atoms with Crippen LogP contribution < -0.4 is 10.1 Å². The van der Waals surface area contributed by atoms with Gasteiger partial charge in [-0.25, -0.2) is 0 Å². The third-order valence-corrected chi connectivity index (χ3v) is 4.54. The zero-order valence-corrected chi connectivity index (χ0v) is 16.8. The summed E-state index contributed by atoms with van der Waals surface area (Å²) in [5.74, 6) is -0.626. The molecule has 1 amide bonds. The van der Waals surface area contributed by atoms with Crippen molar-refractivity contribution in [1.82, 2.24) is 0 Å². The van der Waals surface area contributed by atoms with Gasteiger partial charge in [0.15, 0.2) is 11.9 Å². The van der Waals surface area contributed by atoms with Crippen LogP contribution >= 0.6 is 23.2 Å². The molecule has 0 aliphatic heterocycles. The average molecular weight is 424 g/mol. The summed E-state index contributed by atoms with van der Waals surface area (Å²) < 4.78 is 10.5. The molecule has 0 heterocycles. The lowest BCUT2D eigenvalue weighted by atomic mass is 10.1. The molecule has 0 bridgehead atoms. The molecule has 2 aromatic carbocycles. The number of anilines is 1. The number of rotatable bonds is 8. The predicted molar refractivity (Wildman–Crippen MR) is 107 cm³/mol. The van der Waals surface area contributed by atoms with Gasteiger partial charge in [0.2, 0.25) is 0 Å². The Kier molecular flexibility index (Phi) is 7.84. The van der Waals surface area contributed by atoms with E-state index in [-0.39, 0.29) is 23.8 Å². The third-order valence-electron chi connectivity index (χ3n) is 3.72. The van der Waals surface area contributed by atoms with Crippen LogP contribution in [-0.4, -0.2) is 30.4 Å². The summed E-state index contributed by atoms with van der Waals surface area (Å²) in [4.78, 5) is 35.3. The van der Waals surface area contributed by atoms with Crippen LogP contribution in [0.1, 0.15) is 30.6 Å². The second-order valence-corrected chi connectivity index (χ2v) is 6.69. The lowest BCUT2D eigenvalue weighted by Gasteiger charge is -2.14. The van der Waals surface area contributed by atoms with Crippen LogP contribution in [0, 0.1) is 0 Å². The van der Waals surface area contributed by atoms with E-state index >= 15 is 0 Å². The second kappa shape index (κ2) is 10.1. The van der Waals surface area contributed by atoms with Crippen LogP contribution in [0.25, 0.3) is 0 Å². The van der Waals surface area contributed by atoms with Crippen LogP contribution in [0.15, 0.2) is 42.5 Å². The maximum atomic E-state index is 12.1. The van der Waals surface area contributed by atoms with E-state index in [0.29, 0.717) is 22.0 Å². The summed E-state index contributed by atoms with van der Waals surface area (Å²) in [5.41, 5.74) is 0.908. The van der Waals surface area contributed by atoms with E-state index in [1.165, 1.54) is 13.8 Å². The quantitative estimate of drug-likeness (QED) is 0.497. The van der Waals surface area contributed by atoms with Gasteiger partial charge in [0.05, 0.1) is 28.8 Å². The SMILES string of the molecule is CC(=O)c1ccc(OCCC(=O)OC(C)C(=O)Nc2cccc(Cl)c2Cl)cc1. The van der Waals surface area contributed by atoms with Crippen LogP contribution in [0.5, 0.6) is 5.75 Å². The molecule has 1 unspecified atom stereocenters. The molecule has 1 N–H and O–H groups in total. The minimum absolute atomic E-state index is 0.0377. The zero-order chi connectivity index (χ0) is 20.7. The van der Waals surface area contributed by atoms with E-state index in [4.69, 9.17) is 32.7 Å². The minimum Gasteiger partial charge on any atom is -0.493 e. The van der Waals surface area contributed by atoms with E-state index in [2.05, 4.69) is 5.32 Å². The number of nitrogens with one attached hydrogen (secondary N) is 1. The summed E-state index contributed by atoms with van der Waals surface area (Å²) in [6.07, 6.45) is -1.05. The first-order valence-electron chi connectivity index (χ1n) is 8.46. The fraction of sp³-hybridized carbons (Fsp3) is 0.250. The van der Waals surface area contributed by atoms with Crippen molar-refractivity contribution in [2.75, 3.05) is 11.9 Å². The topological polar surface area (TPSA) is 81.7 Å². The van der Waals surface area contributed by atoms with Crippen LogP contribution in [0.4, 0.5) is 5.69 Å². The van der Waals surface area contributed by atoms with Gasteiger partial charge in [-0.2, -0.15) is 0 Å². The number of esters is 1. The molecular formula is C20H19Cl2NO5. The molecule has 0 spiro atoms. The number of ether oxygens (including phenoxy) is 2. The van der Waals surface area contributed by atoms with Crippen molar-refractivity contribution in [3.05, 3.63) is 58.1 Å². The Bertz CT molecular complexity index is 867. The van der Waals surface area contributed by atoms with E-state index in [0.717, 1.165) is 0 Å². The maximum Gasteiger partial charge on any atom is 0.310 e. The molecule has 1 atom stereocenters. The lowest BCUT2D eigenvalue weighted by Crippen LogP contribution is -2.30. The largest absolute Gasteiger partial charge is 0.493 e. The molecule has 0 saturated carbocycles. The van der Waals surface area contributed by atoms with Gasteiger partial charge >= 0.3 is 5.97 Å². The fourth-order valence-corrected chi connectivity index (χ4v) is 2.53. The van der Waals surface area contributed by atoms with Gasteiger partial charge in [-0.1, -0.05) is 29.3 Å². The number of amides is 1. The van der Waals surface area contributed by atoms with Crippen molar-refractivity contribution in [1.29, 1.82) is 0 Å². The number of benzene rings is 2. The van der Waals surface area contributed by atoms with Crippen LogP contribution in [0.3, 0.4) is 0 Å². The Morgan fingerprint density at radius 1 is 1.07 bits per heavy atom. The first-order valence-corrected chi connectivity index (χ1v) is 9.21. The Balaban J connectivity index is 1.77. The number of carbonyl (C=O) groups is 3. The van der Waals surface area contributed by atoms with E-state index in [1.807, 2.05) is 0 Å². The zero-order valence-electron chi connectivity index (χ0n) is 15.3. The van der Waals surface area contributed by atoms with Gasteiger partial charge in [0.25, 0.3) is 5.91 Å². The Labute approximate surface area is 172 Å². The minimum atomic E-state index is -1.02. The number of ketones is 1. The highest BCUT2D eigenvalue weighted by molar-refractivity contribution is 6.44. The molecule has 8 heteroatoms. The van der Waals surface area contributed by atoms with Gasteiger partial charge in [-0.3, -0.25) is 14.4 Å². The smallest absolute Gasteiger partial charge is 0.310 e. The van der Waals surface area contributed by atoms with Crippen LogP contribution in [0.2, 0.25) is 10.0 Å². The number of carbonyl (C=O) groups excluding carboxylic acids is 3. The van der Waals surface area contributed by atoms with Crippen molar-refractivity contribution in [3.8, 4) is 5.75 Å².